The lowest BCUT2D eigenvalue weighted by atomic mass is 10.0. The zero-order valence-corrected chi connectivity index (χ0v) is 11.8. The lowest BCUT2D eigenvalue weighted by Gasteiger charge is -2.15. The van der Waals surface area contributed by atoms with Crippen LogP contribution in [0.25, 0.3) is 0 Å². The highest BCUT2D eigenvalue weighted by atomic mass is 32.1. The largest absolute Gasteiger partial charge is 0.481 e. The Morgan fingerprint density at radius 2 is 2.32 bits per heavy atom. The van der Waals surface area contributed by atoms with E-state index < -0.39 is 0 Å². The quantitative estimate of drug-likeness (QED) is 0.601. The van der Waals surface area contributed by atoms with Crippen LogP contribution in [0.1, 0.15) is 16.9 Å². The van der Waals surface area contributed by atoms with Crippen LogP contribution >= 0.6 is 11.3 Å². The van der Waals surface area contributed by atoms with Crippen molar-refractivity contribution in [3.8, 4) is 5.88 Å². The summed E-state index contributed by atoms with van der Waals surface area (Å²) < 4.78 is 5.05. The number of nitrogens with zero attached hydrogens (tertiary/aromatic N) is 1. The third-order valence-electron chi connectivity index (χ3n) is 3.04. The fourth-order valence-electron chi connectivity index (χ4n) is 1.95. The van der Waals surface area contributed by atoms with E-state index >= 15 is 0 Å². The van der Waals surface area contributed by atoms with Crippen LogP contribution in [0.5, 0.6) is 5.88 Å². The van der Waals surface area contributed by atoms with Crippen molar-refractivity contribution in [1.29, 1.82) is 0 Å². The average Bonchev–Trinajstić information content (AvgIpc) is 2.97. The Hall–Kier alpha value is -1.43. The van der Waals surface area contributed by atoms with E-state index in [1.807, 2.05) is 18.3 Å². The SMILES string of the molecule is COc1ccc(CC(CCc2cccs2)NN)cn1. The van der Waals surface area contributed by atoms with E-state index in [9.17, 15) is 0 Å². The maximum absolute atomic E-state index is 5.62. The fraction of sp³-hybridized carbons (Fsp3) is 0.357. The molecule has 2 aromatic rings. The molecule has 0 amide bonds. The molecule has 0 saturated heterocycles. The van der Waals surface area contributed by atoms with Crippen LogP contribution in [-0.4, -0.2) is 18.1 Å². The summed E-state index contributed by atoms with van der Waals surface area (Å²) in [5.41, 5.74) is 4.05. The first-order valence-electron chi connectivity index (χ1n) is 6.29. The van der Waals surface area contributed by atoms with Gasteiger partial charge in [0.2, 0.25) is 5.88 Å². The summed E-state index contributed by atoms with van der Waals surface area (Å²) in [5.74, 6) is 6.26. The number of nitrogens with two attached hydrogens (primary N) is 1. The van der Waals surface area contributed by atoms with Crippen molar-refractivity contribution in [3.63, 3.8) is 0 Å². The molecular formula is C14H19N3OS. The van der Waals surface area contributed by atoms with Gasteiger partial charge in [0.25, 0.3) is 0 Å². The monoisotopic (exact) mass is 277 g/mol. The number of nitrogens with one attached hydrogen (secondary N) is 1. The maximum atomic E-state index is 5.62. The smallest absolute Gasteiger partial charge is 0.212 e. The number of aromatic nitrogens is 1. The Labute approximate surface area is 117 Å². The van der Waals surface area contributed by atoms with Gasteiger partial charge in [-0.15, -0.1) is 11.3 Å². The number of methoxy groups -OCH3 is 1. The summed E-state index contributed by atoms with van der Waals surface area (Å²) in [5, 5.41) is 2.10. The summed E-state index contributed by atoms with van der Waals surface area (Å²) in [6.07, 6.45) is 4.78. The number of ether oxygens (including phenoxy) is 1. The zero-order valence-electron chi connectivity index (χ0n) is 11.0. The number of hydrogen-bond donors (Lipinski definition) is 2. The fourth-order valence-corrected chi connectivity index (χ4v) is 2.68. The second kappa shape index (κ2) is 7.23. The Balaban J connectivity index is 1.87. The average molecular weight is 277 g/mol. The summed E-state index contributed by atoms with van der Waals surface area (Å²) in [6.45, 7) is 0. The van der Waals surface area contributed by atoms with Gasteiger partial charge in [-0.05, 0) is 36.3 Å². The van der Waals surface area contributed by atoms with Crippen molar-refractivity contribution in [1.82, 2.24) is 10.4 Å². The highest BCUT2D eigenvalue weighted by Gasteiger charge is 2.09. The second-order valence-corrected chi connectivity index (χ2v) is 5.43. The minimum atomic E-state index is 0.261. The lowest BCUT2D eigenvalue weighted by molar-refractivity contribution is 0.397. The van der Waals surface area contributed by atoms with Crippen molar-refractivity contribution >= 4 is 11.3 Å². The molecule has 0 fully saturated rings. The number of hydrazine groups is 1. The Bertz CT molecular complexity index is 470. The molecule has 2 heterocycles. The Morgan fingerprint density at radius 1 is 1.42 bits per heavy atom. The van der Waals surface area contributed by atoms with Crippen molar-refractivity contribution in [2.24, 2.45) is 5.84 Å². The predicted octanol–water partition coefficient (Wildman–Crippen LogP) is 2.16. The van der Waals surface area contributed by atoms with Crippen molar-refractivity contribution in [3.05, 3.63) is 46.3 Å². The van der Waals surface area contributed by atoms with Gasteiger partial charge in [-0.25, -0.2) is 4.98 Å². The summed E-state index contributed by atoms with van der Waals surface area (Å²) in [6, 6.07) is 8.41. The molecule has 0 aromatic carbocycles. The molecule has 0 aliphatic carbocycles. The molecule has 0 radical (unpaired) electrons. The number of hydrogen-bond acceptors (Lipinski definition) is 5. The first-order chi connectivity index (χ1) is 9.31. The maximum Gasteiger partial charge on any atom is 0.212 e. The molecule has 0 aliphatic heterocycles. The first kappa shape index (κ1) is 14.0. The van der Waals surface area contributed by atoms with Crippen molar-refractivity contribution < 1.29 is 4.74 Å². The van der Waals surface area contributed by atoms with Crippen LogP contribution in [-0.2, 0) is 12.8 Å². The number of pyridine rings is 1. The molecule has 102 valence electrons. The van der Waals surface area contributed by atoms with E-state index in [2.05, 4.69) is 27.9 Å². The van der Waals surface area contributed by atoms with E-state index in [0.29, 0.717) is 5.88 Å². The highest BCUT2D eigenvalue weighted by molar-refractivity contribution is 7.09. The molecule has 4 nitrogen and oxygen atoms in total. The summed E-state index contributed by atoms with van der Waals surface area (Å²) in [7, 11) is 1.62. The van der Waals surface area contributed by atoms with Crippen LogP contribution in [0.2, 0.25) is 0 Å². The normalized spacial score (nSPS) is 12.3. The molecule has 1 atom stereocenters. The van der Waals surface area contributed by atoms with E-state index in [1.165, 1.54) is 4.88 Å². The molecule has 0 saturated carbocycles. The number of rotatable bonds is 7. The minimum absolute atomic E-state index is 0.261. The first-order valence-corrected chi connectivity index (χ1v) is 7.17. The van der Waals surface area contributed by atoms with Crippen molar-refractivity contribution in [2.75, 3.05) is 7.11 Å². The topological polar surface area (TPSA) is 60.2 Å². The molecule has 0 bridgehead atoms. The van der Waals surface area contributed by atoms with Gasteiger partial charge in [0.15, 0.2) is 0 Å². The highest BCUT2D eigenvalue weighted by Crippen LogP contribution is 2.14. The lowest BCUT2D eigenvalue weighted by Crippen LogP contribution is -2.37. The molecule has 5 heteroatoms. The van der Waals surface area contributed by atoms with Gasteiger partial charge in [-0.3, -0.25) is 11.3 Å². The summed E-state index contributed by atoms with van der Waals surface area (Å²) in [4.78, 5) is 5.60. The molecule has 1 unspecified atom stereocenters. The second-order valence-electron chi connectivity index (χ2n) is 4.39. The van der Waals surface area contributed by atoms with E-state index in [-0.39, 0.29) is 6.04 Å². The van der Waals surface area contributed by atoms with Gasteiger partial charge in [0, 0.05) is 23.2 Å². The molecule has 3 N–H and O–H groups in total. The van der Waals surface area contributed by atoms with Crippen molar-refractivity contribution in [2.45, 2.75) is 25.3 Å². The van der Waals surface area contributed by atoms with Crippen LogP contribution in [0.3, 0.4) is 0 Å². The van der Waals surface area contributed by atoms with Gasteiger partial charge < -0.3 is 4.74 Å². The Morgan fingerprint density at radius 3 is 2.89 bits per heavy atom. The van der Waals surface area contributed by atoms with E-state index in [4.69, 9.17) is 10.6 Å². The van der Waals surface area contributed by atoms with E-state index in [1.54, 1.807) is 18.4 Å². The minimum Gasteiger partial charge on any atom is -0.481 e. The predicted molar refractivity (Wildman–Crippen MR) is 78.2 cm³/mol. The molecular weight excluding hydrogens is 258 g/mol. The van der Waals surface area contributed by atoms with Crippen LogP contribution in [0.15, 0.2) is 35.8 Å². The van der Waals surface area contributed by atoms with Crippen LogP contribution < -0.4 is 16.0 Å². The standard InChI is InChI=1S/C14H19N3OS/c1-18-14-7-4-11(10-16-14)9-12(17-15)5-6-13-3-2-8-19-13/h2-4,7-8,10,12,17H,5-6,9,15H2,1H3. The molecule has 19 heavy (non-hydrogen) atoms. The van der Waals surface area contributed by atoms with Crippen LogP contribution in [0.4, 0.5) is 0 Å². The van der Waals surface area contributed by atoms with E-state index in [0.717, 1.165) is 24.8 Å². The Kier molecular flexibility index (Phi) is 5.32. The molecule has 2 rings (SSSR count). The number of thiophene rings is 1. The van der Waals surface area contributed by atoms with Gasteiger partial charge >= 0.3 is 0 Å². The van der Waals surface area contributed by atoms with Gasteiger partial charge in [-0.2, -0.15) is 0 Å². The molecule has 0 spiro atoms. The zero-order chi connectivity index (χ0) is 13.5. The third kappa shape index (κ3) is 4.31. The van der Waals surface area contributed by atoms with Gasteiger partial charge in [0.1, 0.15) is 0 Å². The molecule has 2 aromatic heterocycles. The molecule has 0 aliphatic rings. The number of aryl methyl sites for hydroxylation is 1. The third-order valence-corrected chi connectivity index (χ3v) is 3.98. The van der Waals surface area contributed by atoms with Crippen LogP contribution in [0, 0.1) is 0 Å². The van der Waals surface area contributed by atoms with Gasteiger partial charge in [-0.1, -0.05) is 12.1 Å². The van der Waals surface area contributed by atoms with Gasteiger partial charge in [0.05, 0.1) is 7.11 Å². The summed E-state index contributed by atoms with van der Waals surface area (Å²) >= 11 is 1.79.